The van der Waals surface area contributed by atoms with Gasteiger partial charge in [0.2, 0.25) is 0 Å². The van der Waals surface area contributed by atoms with Gasteiger partial charge in [-0.2, -0.15) is 0 Å². The van der Waals surface area contributed by atoms with Crippen LogP contribution in [0.3, 0.4) is 0 Å². The Kier molecular flexibility index (Phi) is 7.36. The van der Waals surface area contributed by atoms with Crippen molar-refractivity contribution in [2.75, 3.05) is 18.6 Å². The molecule has 0 aliphatic carbocycles. The van der Waals surface area contributed by atoms with E-state index < -0.39 is 17.8 Å². The number of urea groups is 1. The Balaban J connectivity index is 1.71. The van der Waals surface area contributed by atoms with Gasteiger partial charge in [-0.25, -0.2) is 14.1 Å². The molecule has 4 rings (SSSR count). The Morgan fingerprint density at radius 3 is 2.44 bits per heavy atom. The van der Waals surface area contributed by atoms with Crippen LogP contribution in [0, 0.1) is 5.82 Å². The molecule has 3 aromatic rings. The highest BCUT2D eigenvalue weighted by Gasteiger charge is 2.36. The first-order valence-electron chi connectivity index (χ1n) is 11.1. The van der Waals surface area contributed by atoms with Gasteiger partial charge in [0.1, 0.15) is 22.9 Å². The summed E-state index contributed by atoms with van der Waals surface area (Å²) in [5.74, 6) is -1.05. The average molecular weight is 509 g/mol. The third-order valence-corrected chi connectivity index (χ3v) is 5.88. The van der Waals surface area contributed by atoms with E-state index in [1.54, 1.807) is 49.4 Å². The fraction of sp³-hybridized carbons (Fsp3) is 0.148. The van der Waals surface area contributed by atoms with Crippen molar-refractivity contribution >= 4 is 41.2 Å². The average Bonchev–Trinajstić information content (AvgIpc) is 2.85. The van der Waals surface area contributed by atoms with E-state index >= 15 is 0 Å². The molecule has 0 bridgehead atoms. The quantitative estimate of drug-likeness (QED) is 0.353. The van der Waals surface area contributed by atoms with Crippen LogP contribution < -0.4 is 19.7 Å². The number of carbonyl (C=O) groups is 3. The van der Waals surface area contributed by atoms with Crippen LogP contribution in [-0.2, 0) is 16.0 Å². The summed E-state index contributed by atoms with van der Waals surface area (Å²) in [6.07, 6.45) is 1.53. The minimum atomic E-state index is -0.861. The number of nitrogens with zero attached hydrogens (tertiary/aromatic N) is 1. The van der Waals surface area contributed by atoms with Gasteiger partial charge in [0.25, 0.3) is 11.8 Å². The molecule has 0 saturated carbocycles. The first kappa shape index (κ1) is 24.9. The van der Waals surface area contributed by atoms with Crippen LogP contribution >= 0.6 is 11.6 Å². The number of benzene rings is 3. The van der Waals surface area contributed by atoms with E-state index in [0.29, 0.717) is 34.8 Å². The number of nitrogens with one attached hydrogen (secondary N) is 1. The standard InChI is InChI=1S/C27H22ClFN2O5/c1-3-36-24-14-16(13-22(28)20(24)15-17-6-4-5-7-23(17)29)12-21-25(32)30-27(34)31(26(21)33)18-8-10-19(35-2)11-9-18/h4-14H,3,15H2,1-2H3,(H,30,32,34)/b21-12+. The van der Waals surface area contributed by atoms with E-state index in [9.17, 15) is 18.8 Å². The van der Waals surface area contributed by atoms with Crippen molar-refractivity contribution in [2.24, 2.45) is 0 Å². The van der Waals surface area contributed by atoms with E-state index in [1.165, 1.54) is 31.4 Å². The molecule has 1 aliphatic heterocycles. The van der Waals surface area contributed by atoms with Crippen molar-refractivity contribution in [3.63, 3.8) is 0 Å². The summed E-state index contributed by atoms with van der Waals surface area (Å²) in [4.78, 5) is 39.1. The fourth-order valence-electron chi connectivity index (χ4n) is 3.79. The Bertz CT molecular complexity index is 1370. The fourth-order valence-corrected chi connectivity index (χ4v) is 4.08. The lowest BCUT2D eigenvalue weighted by Crippen LogP contribution is -2.54. The molecule has 4 amide bonds. The number of hydrogen-bond donors (Lipinski definition) is 1. The first-order chi connectivity index (χ1) is 17.3. The zero-order valence-electron chi connectivity index (χ0n) is 19.5. The molecule has 1 saturated heterocycles. The molecule has 3 aromatic carbocycles. The molecule has 1 N–H and O–H groups in total. The van der Waals surface area contributed by atoms with Gasteiger partial charge in [-0.15, -0.1) is 0 Å². The summed E-state index contributed by atoms with van der Waals surface area (Å²) < 4.78 is 25.1. The Morgan fingerprint density at radius 1 is 1.06 bits per heavy atom. The van der Waals surface area contributed by atoms with Gasteiger partial charge in [-0.1, -0.05) is 29.8 Å². The Hall–Kier alpha value is -4.17. The van der Waals surface area contributed by atoms with E-state index in [1.807, 2.05) is 0 Å². The molecule has 0 atom stereocenters. The van der Waals surface area contributed by atoms with Crippen molar-refractivity contribution in [1.82, 2.24) is 5.32 Å². The van der Waals surface area contributed by atoms with E-state index in [4.69, 9.17) is 21.1 Å². The molecule has 0 unspecified atom stereocenters. The van der Waals surface area contributed by atoms with Crippen LogP contribution in [0.1, 0.15) is 23.6 Å². The summed E-state index contributed by atoms with van der Waals surface area (Å²) in [5.41, 5.74) is 1.43. The molecule has 1 aliphatic rings. The maximum absolute atomic E-state index is 14.2. The number of barbiturate groups is 1. The maximum Gasteiger partial charge on any atom is 0.335 e. The SMILES string of the molecule is CCOc1cc(/C=C2\C(=O)NC(=O)N(c3ccc(OC)cc3)C2=O)cc(Cl)c1Cc1ccccc1F. The van der Waals surface area contributed by atoms with Gasteiger partial charge in [0, 0.05) is 17.0 Å². The molecule has 0 aromatic heterocycles. The van der Waals surface area contributed by atoms with Gasteiger partial charge in [0.05, 0.1) is 19.4 Å². The lowest BCUT2D eigenvalue weighted by atomic mass is 10.00. The number of carbonyl (C=O) groups excluding carboxylic acids is 3. The van der Waals surface area contributed by atoms with E-state index in [0.717, 1.165) is 4.90 Å². The van der Waals surface area contributed by atoms with Crippen LogP contribution in [0.2, 0.25) is 5.02 Å². The monoisotopic (exact) mass is 508 g/mol. The van der Waals surface area contributed by atoms with Crippen molar-refractivity contribution in [1.29, 1.82) is 0 Å². The summed E-state index contributed by atoms with van der Waals surface area (Å²) >= 11 is 6.55. The van der Waals surface area contributed by atoms with Crippen molar-refractivity contribution in [2.45, 2.75) is 13.3 Å². The van der Waals surface area contributed by atoms with Gasteiger partial charge in [-0.3, -0.25) is 14.9 Å². The molecule has 36 heavy (non-hydrogen) atoms. The van der Waals surface area contributed by atoms with Gasteiger partial charge in [-0.05, 0) is 66.6 Å². The van der Waals surface area contributed by atoms with Gasteiger partial charge in [0.15, 0.2) is 0 Å². The normalized spacial score (nSPS) is 14.7. The molecule has 7 nitrogen and oxygen atoms in total. The number of ether oxygens (including phenoxy) is 2. The zero-order chi connectivity index (χ0) is 25.8. The molecule has 1 heterocycles. The maximum atomic E-state index is 14.2. The summed E-state index contributed by atoms with van der Waals surface area (Å²) in [6.45, 7) is 2.11. The molecular formula is C27H22ClFN2O5. The van der Waals surface area contributed by atoms with Crippen LogP contribution in [0.15, 0.2) is 66.2 Å². The predicted molar refractivity (Wildman–Crippen MR) is 134 cm³/mol. The largest absolute Gasteiger partial charge is 0.497 e. The minimum absolute atomic E-state index is 0.191. The number of imide groups is 2. The minimum Gasteiger partial charge on any atom is -0.497 e. The lowest BCUT2D eigenvalue weighted by Gasteiger charge is -2.26. The highest BCUT2D eigenvalue weighted by Crippen LogP contribution is 2.33. The lowest BCUT2D eigenvalue weighted by molar-refractivity contribution is -0.122. The number of methoxy groups -OCH3 is 1. The smallest absolute Gasteiger partial charge is 0.335 e. The highest BCUT2D eigenvalue weighted by atomic mass is 35.5. The zero-order valence-corrected chi connectivity index (χ0v) is 20.3. The van der Waals surface area contributed by atoms with Crippen LogP contribution in [0.25, 0.3) is 6.08 Å². The van der Waals surface area contributed by atoms with Crippen LogP contribution in [-0.4, -0.2) is 31.6 Å². The second-order valence-corrected chi connectivity index (χ2v) is 8.24. The van der Waals surface area contributed by atoms with Gasteiger partial charge >= 0.3 is 6.03 Å². The van der Waals surface area contributed by atoms with E-state index in [-0.39, 0.29) is 28.5 Å². The molecule has 184 valence electrons. The number of hydrogen-bond acceptors (Lipinski definition) is 5. The highest BCUT2D eigenvalue weighted by molar-refractivity contribution is 6.39. The van der Waals surface area contributed by atoms with Gasteiger partial charge < -0.3 is 9.47 Å². The van der Waals surface area contributed by atoms with Crippen LogP contribution in [0.5, 0.6) is 11.5 Å². The number of rotatable bonds is 7. The number of halogens is 2. The molecule has 0 radical (unpaired) electrons. The van der Waals surface area contributed by atoms with E-state index in [2.05, 4.69) is 5.32 Å². The van der Waals surface area contributed by atoms with Crippen LogP contribution in [0.4, 0.5) is 14.9 Å². The summed E-state index contributed by atoms with van der Waals surface area (Å²) in [5, 5.41) is 2.46. The molecule has 9 heteroatoms. The molecular weight excluding hydrogens is 487 g/mol. The Morgan fingerprint density at radius 2 is 1.78 bits per heavy atom. The predicted octanol–water partition coefficient (Wildman–Crippen LogP) is 5.14. The Labute approximate surface area is 212 Å². The number of amides is 4. The summed E-state index contributed by atoms with van der Waals surface area (Å²) in [6, 6.07) is 14.9. The second kappa shape index (κ2) is 10.6. The molecule has 1 fully saturated rings. The van der Waals surface area contributed by atoms with Crippen molar-refractivity contribution < 1.29 is 28.2 Å². The third-order valence-electron chi connectivity index (χ3n) is 5.55. The third kappa shape index (κ3) is 5.08. The molecule has 0 spiro atoms. The van der Waals surface area contributed by atoms with Crippen molar-refractivity contribution in [3.8, 4) is 11.5 Å². The van der Waals surface area contributed by atoms with Crippen molar-refractivity contribution in [3.05, 3.63) is 93.8 Å². The first-order valence-corrected chi connectivity index (χ1v) is 11.4. The summed E-state index contributed by atoms with van der Waals surface area (Å²) in [7, 11) is 1.50. The second-order valence-electron chi connectivity index (χ2n) is 7.84. The topological polar surface area (TPSA) is 84.9 Å². The number of anilines is 1.